The van der Waals surface area contributed by atoms with E-state index in [-0.39, 0.29) is 6.10 Å². The summed E-state index contributed by atoms with van der Waals surface area (Å²) in [6.45, 7) is 6.65. The fourth-order valence-corrected chi connectivity index (χ4v) is 3.80. The number of anilines is 1. The van der Waals surface area contributed by atoms with Gasteiger partial charge in [0.2, 0.25) is 0 Å². The maximum atomic E-state index is 5.88. The van der Waals surface area contributed by atoms with Gasteiger partial charge in [0.25, 0.3) is 0 Å². The normalized spacial score (nSPS) is 16.1. The van der Waals surface area contributed by atoms with Crippen LogP contribution in [0.2, 0.25) is 0 Å². The van der Waals surface area contributed by atoms with Crippen molar-refractivity contribution in [1.82, 2.24) is 14.8 Å². The average Bonchev–Trinajstić information content (AvgIpc) is 3.30. The van der Waals surface area contributed by atoms with Crippen LogP contribution in [0.1, 0.15) is 36.6 Å². The minimum atomic E-state index is 0.154. The Hall–Kier alpha value is -3.15. The number of hydrogen-bond donors (Lipinski definition) is 0. The molecule has 0 radical (unpaired) electrons. The maximum Gasteiger partial charge on any atom is 0.129 e. The van der Waals surface area contributed by atoms with E-state index in [2.05, 4.69) is 33.2 Å². The summed E-state index contributed by atoms with van der Waals surface area (Å²) in [6.07, 6.45) is 5.88. The fraction of sp³-hybridized carbons (Fsp3) is 0.318. The number of fused-ring (bicyclic) bond motifs is 1. The molecule has 0 atom stereocenters. The lowest BCUT2D eigenvalue weighted by Crippen LogP contribution is -2.48. The van der Waals surface area contributed by atoms with Crippen LogP contribution in [0.5, 0.6) is 5.75 Å². The van der Waals surface area contributed by atoms with E-state index in [1.165, 1.54) is 5.56 Å². The van der Waals surface area contributed by atoms with E-state index in [4.69, 9.17) is 9.73 Å². The number of hydrogen-bond acceptors (Lipinski definition) is 5. The number of ether oxygens (including phenoxy) is 1. The van der Waals surface area contributed by atoms with Gasteiger partial charge in [-0.2, -0.15) is 5.10 Å². The predicted octanol–water partition coefficient (Wildman–Crippen LogP) is 3.48. The Morgan fingerprint density at radius 1 is 1.11 bits per heavy atom. The Kier molecular flexibility index (Phi) is 4.11. The molecule has 0 N–H and O–H groups in total. The molecule has 4 heterocycles. The van der Waals surface area contributed by atoms with Crippen molar-refractivity contribution in [3.63, 3.8) is 0 Å². The minimum Gasteiger partial charge on any atom is -0.491 e. The zero-order chi connectivity index (χ0) is 19.1. The van der Waals surface area contributed by atoms with Crippen molar-refractivity contribution in [3.8, 4) is 5.75 Å². The van der Waals surface area contributed by atoms with Crippen LogP contribution in [0.25, 0.3) is 0 Å². The summed E-state index contributed by atoms with van der Waals surface area (Å²) < 4.78 is 7.90. The van der Waals surface area contributed by atoms with Gasteiger partial charge in [-0.3, -0.25) is 9.67 Å². The zero-order valence-electron chi connectivity index (χ0n) is 16.1. The first-order valence-electron chi connectivity index (χ1n) is 9.72. The van der Waals surface area contributed by atoms with Crippen molar-refractivity contribution in [3.05, 3.63) is 71.7 Å². The van der Waals surface area contributed by atoms with Crippen LogP contribution in [0.15, 0.2) is 60.0 Å². The number of rotatable bonds is 5. The van der Waals surface area contributed by atoms with Crippen LogP contribution in [0.3, 0.4) is 0 Å². The van der Waals surface area contributed by atoms with E-state index in [1.807, 2.05) is 55.3 Å². The third-order valence-electron chi connectivity index (χ3n) is 5.22. The van der Waals surface area contributed by atoms with Crippen LogP contribution in [0, 0.1) is 0 Å². The molecular weight excluding hydrogens is 350 g/mol. The van der Waals surface area contributed by atoms with Crippen LogP contribution in [-0.2, 0) is 6.54 Å². The lowest BCUT2D eigenvalue weighted by molar-refractivity contribution is 0.242. The molecule has 6 heteroatoms. The van der Waals surface area contributed by atoms with Gasteiger partial charge in [0.05, 0.1) is 24.4 Å². The van der Waals surface area contributed by atoms with E-state index in [9.17, 15) is 0 Å². The molecule has 5 rings (SSSR count). The topological polar surface area (TPSA) is 55.5 Å². The Bertz CT molecular complexity index is 1020. The lowest BCUT2D eigenvalue weighted by Gasteiger charge is -2.40. The second-order valence-corrected chi connectivity index (χ2v) is 7.60. The van der Waals surface area contributed by atoms with Crippen molar-refractivity contribution >= 4 is 11.5 Å². The Balaban J connectivity index is 1.37. The van der Waals surface area contributed by atoms with Crippen molar-refractivity contribution < 1.29 is 4.74 Å². The van der Waals surface area contributed by atoms with Gasteiger partial charge in [-0.25, -0.2) is 4.98 Å². The first kappa shape index (κ1) is 17.0. The van der Waals surface area contributed by atoms with Gasteiger partial charge < -0.3 is 9.64 Å². The molecule has 0 spiro atoms. The highest BCUT2D eigenvalue weighted by Gasteiger charge is 2.30. The zero-order valence-corrected chi connectivity index (χ0v) is 16.1. The molecule has 2 aromatic heterocycles. The van der Waals surface area contributed by atoms with Crippen molar-refractivity contribution in [2.24, 2.45) is 4.99 Å². The summed E-state index contributed by atoms with van der Waals surface area (Å²) >= 11 is 0. The van der Waals surface area contributed by atoms with Crippen molar-refractivity contribution in [2.75, 3.05) is 18.0 Å². The number of benzene rings is 1. The molecule has 0 saturated carbocycles. The molecule has 1 saturated heterocycles. The average molecular weight is 373 g/mol. The third kappa shape index (κ3) is 3.05. The minimum absolute atomic E-state index is 0.154. The predicted molar refractivity (Wildman–Crippen MR) is 109 cm³/mol. The Morgan fingerprint density at radius 3 is 2.79 bits per heavy atom. The van der Waals surface area contributed by atoms with E-state index in [1.54, 1.807) is 0 Å². The van der Waals surface area contributed by atoms with Crippen molar-refractivity contribution in [1.29, 1.82) is 0 Å². The number of nitrogens with zero attached hydrogens (tertiary/aromatic N) is 5. The second-order valence-electron chi connectivity index (χ2n) is 7.60. The molecular formula is C22H23N5O. The first-order chi connectivity index (χ1) is 13.7. The SMILES string of the molecule is CC(C)Oc1ccc2c(c1)C(c1ccnc(N3CC(n4cccn4)C3)c1)=NC2. The summed E-state index contributed by atoms with van der Waals surface area (Å²) in [5, 5.41) is 4.34. The largest absolute Gasteiger partial charge is 0.491 e. The van der Waals surface area contributed by atoms with Crippen LogP contribution < -0.4 is 9.64 Å². The summed E-state index contributed by atoms with van der Waals surface area (Å²) in [4.78, 5) is 11.7. The van der Waals surface area contributed by atoms with Crippen LogP contribution >= 0.6 is 0 Å². The van der Waals surface area contributed by atoms with Gasteiger partial charge in [0.15, 0.2) is 0 Å². The molecule has 1 aromatic carbocycles. The molecule has 0 unspecified atom stereocenters. The highest BCUT2D eigenvalue weighted by atomic mass is 16.5. The van der Waals surface area contributed by atoms with E-state index >= 15 is 0 Å². The molecule has 28 heavy (non-hydrogen) atoms. The molecule has 0 bridgehead atoms. The standard InChI is InChI=1S/C22H23N5O/c1-15(2)28-19-5-4-17-12-24-22(20(17)11-19)16-6-8-23-21(10-16)26-13-18(14-26)27-9-3-7-25-27/h3-11,15,18H,12-14H2,1-2H3. The molecule has 142 valence electrons. The summed E-state index contributed by atoms with van der Waals surface area (Å²) in [5.41, 5.74) is 4.53. The molecule has 1 fully saturated rings. The fourth-order valence-electron chi connectivity index (χ4n) is 3.80. The van der Waals surface area contributed by atoms with Gasteiger partial charge >= 0.3 is 0 Å². The van der Waals surface area contributed by atoms with Crippen LogP contribution in [-0.4, -0.2) is 39.7 Å². The highest BCUT2D eigenvalue weighted by molar-refractivity contribution is 6.15. The summed E-state index contributed by atoms with van der Waals surface area (Å²) in [5.74, 6) is 1.88. The highest BCUT2D eigenvalue weighted by Crippen LogP contribution is 2.30. The summed E-state index contributed by atoms with van der Waals surface area (Å²) in [7, 11) is 0. The van der Waals surface area contributed by atoms with Gasteiger partial charge in [-0.1, -0.05) is 6.07 Å². The van der Waals surface area contributed by atoms with Crippen LogP contribution in [0.4, 0.5) is 5.82 Å². The van der Waals surface area contributed by atoms with E-state index in [0.717, 1.165) is 48.0 Å². The molecule has 0 aliphatic carbocycles. The smallest absolute Gasteiger partial charge is 0.129 e. The van der Waals surface area contributed by atoms with Gasteiger partial charge in [0.1, 0.15) is 11.6 Å². The molecule has 6 nitrogen and oxygen atoms in total. The van der Waals surface area contributed by atoms with E-state index < -0.39 is 0 Å². The van der Waals surface area contributed by atoms with Gasteiger partial charge in [0, 0.05) is 42.8 Å². The molecule has 0 amide bonds. The second kappa shape index (κ2) is 6.78. The molecule has 3 aromatic rings. The maximum absolute atomic E-state index is 5.88. The number of pyridine rings is 1. The third-order valence-corrected chi connectivity index (χ3v) is 5.22. The number of aromatic nitrogens is 3. The van der Waals surface area contributed by atoms with Gasteiger partial charge in [-0.05, 0) is 49.7 Å². The monoisotopic (exact) mass is 373 g/mol. The first-order valence-corrected chi connectivity index (χ1v) is 9.72. The number of aliphatic imine (C=N–C) groups is 1. The Labute approximate surface area is 164 Å². The lowest BCUT2D eigenvalue weighted by atomic mass is 10.00. The van der Waals surface area contributed by atoms with Gasteiger partial charge in [-0.15, -0.1) is 0 Å². The van der Waals surface area contributed by atoms with E-state index in [0.29, 0.717) is 6.04 Å². The molecule has 2 aliphatic rings. The Morgan fingerprint density at radius 2 is 2.00 bits per heavy atom. The quantitative estimate of drug-likeness (QED) is 0.687. The molecule has 2 aliphatic heterocycles. The summed E-state index contributed by atoms with van der Waals surface area (Å²) in [6, 6.07) is 12.8. The van der Waals surface area contributed by atoms with Crippen molar-refractivity contribution in [2.45, 2.75) is 32.5 Å².